The molecule has 0 aromatic heterocycles. The van der Waals surface area contributed by atoms with Gasteiger partial charge in [-0.1, -0.05) is 0 Å². The van der Waals surface area contributed by atoms with E-state index < -0.39 is 0 Å². The summed E-state index contributed by atoms with van der Waals surface area (Å²) >= 11 is 1.87. The predicted octanol–water partition coefficient (Wildman–Crippen LogP) is 3.03. The largest absolute Gasteiger partial charge is 0.398 e. The van der Waals surface area contributed by atoms with Crippen LogP contribution in [0, 0.1) is 0 Å². The summed E-state index contributed by atoms with van der Waals surface area (Å²) in [6, 6.07) is 5.51. The van der Waals surface area contributed by atoms with Crippen LogP contribution in [0.4, 0.5) is 11.4 Å². The van der Waals surface area contributed by atoms with Crippen LogP contribution in [0.2, 0.25) is 0 Å². The molecule has 0 radical (unpaired) electrons. The summed E-state index contributed by atoms with van der Waals surface area (Å²) in [6.07, 6.45) is 4.49. The summed E-state index contributed by atoms with van der Waals surface area (Å²) in [4.78, 5) is 11.2. The van der Waals surface area contributed by atoms with Crippen molar-refractivity contribution in [1.29, 1.82) is 0 Å². The van der Waals surface area contributed by atoms with Crippen LogP contribution in [0.1, 0.15) is 30.1 Å². The van der Waals surface area contributed by atoms with Crippen LogP contribution in [0.25, 0.3) is 0 Å². The Labute approximate surface area is 107 Å². The van der Waals surface area contributed by atoms with Gasteiger partial charge in [0.1, 0.15) is 0 Å². The molecule has 0 spiro atoms. The first-order valence-electron chi connectivity index (χ1n) is 5.78. The molecule has 3 nitrogen and oxygen atoms in total. The van der Waals surface area contributed by atoms with E-state index in [2.05, 4.69) is 11.6 Å². The number of rotatable bonds is 7. The molecule has 17 heavy (non-hydrogen) atoms. The number of unbranched alkanes of at least 4 members (excludes halogenated alkanes) is 1. The van der Waals surface area contributed by atoms with Gasteiger partial charge in [0.05, 0.1) is 0 Å². The zero-order valence-corrected chi connectivity index (χ0v) is 11.3. The van der Waals surface area contributed by atoms with E-state index in [1.54, 1.807) is 6.07 Å². The maximum atomic E-state index is 11.2. The standard InChI is InChI=1S/C13H20N2OS/c1-10(16)12-6-5-11(9-13(12)14)15-7-3-4-8-17-2/h5-6,9,15H,3-4,7-8,14H2,1-2H3. The molecule has 1 rings (SSSR count). The Bertz CT molecular complexity index is 380. The quantitative estimate of drug-likeness (QED) is 0.445. The van der Waals surface area contributed by atoms with Crippen molar-refractivity contribution in [1.82, 2.24) is 0 Å². The molecule has 3 N–H and O–H groups in total. The number of nitrogens with two attached hydrogens (primary N) is 1. The third-order valence-electron chi connectivity index (χ3n) is 2.54. The molecule has 0 bridgehead atoms. The minimum Gasteiger partial charge on any atom is -0.398 e. The Hall–Kier alpha value is -1.16. The summed E-state index contributed by atoms with van der Waals surface area (Å²) in [7, 11) is 0. The normalized spacial score (nSPS) is 10.2. The zero-order valence-electron chi connectivity index (χ0n) is 10.5. The van der Waals surface area contributed by atoms with Gasteiger partial charge in [0.25, 0.3) is 0 Å². The van der Waals surface area contributed by atoms with E-state index in [0.717, 1.165) is 18.7 Å². The lowest BCUT2D eigenvalue weighted by Gasteiger charge is -2.08. The van der Waals surface area contributed by atoms with E-state index >= 15 is 0 Å². The highest BCUT2D eigenvalue weighted by Crippen LogP contribution is 2.18. The van der Waals surface area contributed by atoms with Crippen LogP contribution in [0.15, 0.2) is 18.2 Å². The predicted molar refractivity (Wildman–Crippen MR) is 77.0 cm³/mol. The van der Waals surface area contributed by atoms with Gasteiger partial charge < -0.3 is 11.1 Å². The summed E-state index contributed by atoms with van der Waals surface area (Å²) in [6.45, 7) is 2.47. The van der Waals surface area contributed by atoms with Crippen LogP contribution in [-0.4, -0.2) is 24.3 Å². The maximum absolute atomic E-state index is 11.2. The number of Topliss-reactive ketones (excluding diaryl/α,β-unsaturated/α-hetero) is 1. The first-order chi connectivity index (χ1) is 8.15. The van der Waals surface area contributed by atoms with Crippen molar-refractivity contribution in [3.63, 3.8) is 0 Å². The van der Waals surface area contributed by atoms with Gasteiger partial charge in [-0.2, -0.15) is 11.8 Å². The second kappa shape index (κ2) is 7.22. The lowest BCUT2D eigenvalue weighted by Crippen LogP contribution is -2.04. The fraction of sp³-hybridized carbons (Fsp3) is 0.462. The molecule has 94 valence electrons. The van der Waals surface area contributed by atoms with Crippen LogP contribution in [0.5, 0.6) is 0 Å². The molecule has 0 atom stereocenters. The number of thioether (sulfide) groups is 1. The van der Waals surface area contributed by atoms with Crippen LogP contribution >= 0.6 is 11.8 Å². The average Bonchev–Trinajstić information content (AvgIpc) is 2.28. The highest BCUT2D eigenvalue weighted by Gasteiger charge is 2.04. The summed E-state index contributed by atoms with van der Waals surface area (Å²) in [5.74, 6) is 1.21. The van der Waals surface area contributed by atoms with Crippen molar-refractivity contribution in [2.75, 3.05) is 29.6 Å². The Morgan fingerprint density at radius 2 is 2.18 bits per heavy atom. The van der Waals surface area contributed by atoms with Crippen molar-refractivity contribution in [3.05, 3.63) is 23.8 Å². The Balaban J connectivity index is 2.45. The molecule has 1 aromatic carbocycles. The molecule has 0 fully saturated rings. The van der Waals surface area contributed by atoms with Gasteiger partial charge in [0, 0.05) is 23.5 Å². The molecular formula is C13H20N2OS. The maximum Gasteiger partial charge on any atom is 0.161 e. The molecule has 0 saturated carbocycles. The van der Waals surface area contributed by atoms with Gasteiger partial charge in [-0.05, 0) is 50.0 Å². The molecular weight excluding hydrogens is 232 g/mol. The number of ketones is 1. The van der Waals surface area contributed by atoms with Crippen molar-refractivity contribution >= 4 is 28.9 Å². The fourth-order valence-electron chi connectivity index (χ4n) is 1.60. The average molecular weight is 252 g/mol. The molecule has 0 aliphatic rings. The molecule has 0 heterocycles. The molecule has 1 aromatic rings. The van der Waals surface area contributed by atoms with Gasteiger partial charge in [-0.3, -0.25) is 4.79 Å². The van der Waals surface area contributed by atoms with Crippen molar-refractivity contribution < 1.29 is 4.79 Å². The van der Waals surface area contributed by atoms with E-state index in [9.17, 15) is 4.79 Å². The van der Waals surface area contributed by atoms with E-state index in [4.69, 9.17) is 5.73 Å². The first-order valence-corrected chi connectivity index (χ1v) is 7.18. The van der Waals surface area contributed by atoms with E-state index in [-0.39, 0.29) is 5.78 Å². The summed E-state index contributed by atoms with van der Waals surface area (Å²) < 4.78 is 0. The molecule has 0 saturated heterocycles. The number of hydrogen-bond donors (Lipinski definition) is 2. The molecule has 0 aliphatic carbocycles. The van der Waals surface area contributed by atoms with E-state index in [1.807, 2.05) is 23.9 Å². The van der Waals surface area contributed by atoms with Crippen LogP contribution < -0.4 is 11.1 Å². The number of carbonyl (C=O) groups is 1. The minimum atomic E-state index is 0.00835. The second-order valence-corrected chi connectivity index (χ2v) is 4.97. The van der Waals surface area contributed by atoms with Gasteiger partial charge in [0.2, 0.25) is 0 Å². The van der Waals surface area contributed by atoms with Crippen LogP contribution in [0.3, 0.4) is 0 Å². The Kier molecular flexibility index (Phi) is 5.91. The van der Waals surface area contributed by atoms with E-state index in [0.29, 0.717) is 11.3 Å². The smallest absolute Gasteiger partial charge is 0.161 e. The van der Waals surface area contributed by atoms with Crippen LogP contribution in [-0.2, 0) is 0 Å². The highest BCUT2D eigenvalue weighted by molar-refractivity contribution is 7.98. The third-order valence-corrected chi connectivity index (χ3v) is 3.23. The first kappa shape index (κ1) is 13.9. The lowest BCUT2D eigenvalue weighted by molar-refractivity contribution is 0.101. The third kappa shape index (κ3) is 4.69. The second-order valence-electron chi connectivity index (χ2n) is 3.98. The Morgan fingerprint density at radius 3 is 2.76 bits per heavy atom. The fourth-order valence-corrected chi connectivity index (χ4v) is 2.09. The molecule has 0 amide bonds. The van der Waals surface area contributed by atoms with Gasteiger partial charge in [-0.15, -0.1) is 0 Å². The van der Waals surface area contributed by atoms with Crippen molar-refractivity contribution in [2.24, 2.45) is 0 Å². The summed E-state index contributed by atoms with van der Waals surface area (Å²) in [5.41, 5.74) is 7.94. The Morgan fingerprint density at radius 1 is 1.41 bits per heavy atom. The zero-order chi connectivity index (χ0) is 12.7. The number of anilines is 2. The number of nitrogen functional groups attached to an aromatic ring is 1. The van der Waals surface area contributed by atoms with Gasteiger partial charge in [0.15, 0.2) is 5.78 Å². The highest BCUT2D eigenvalue weighted by atomic mass is 32.2. The number of nitrogens with one attached hydrogen (secondary N) is 1. The van der Waals surface area contributed by atoms with Crippen molar-refractivity contribution in [2.45, 2.75) is 19.8 Å². The SMILES string of the molecule is CSCCCCNc1ccc(C(C)=O)c(N)c1. The van der Waals surface area contributed by atoms with Crippen molar-refractivity contribution in [3.8, 4) is 0 Å². The topological polar surface area (TPSA) is 55.1 Å². The van der Waals surface area contributed by atoms with E-state index in [1.165, 1.54) is 19.1 Å². The number of benzene rings is 1. The lowest BCUT2D eigenvalue weighted by atomic mass is 10.1. The minimum absolute atomic E-state index is 0.00835. The summed E-state index contributed by atoms with van der Waals surface area (Å²) in [5, 5.41) is 3.31. The van der Waals surface area contributed by atoms with Gasteiger partial charge in [-0.25, -0.2) is 0 Å². The molecule has 0 aliphatic heterocycles. The number of carbonyl (C=O) groups excluding carboxylic acids is 1. The van der Waals surface area contributed by atoms with Gasteiger partial charge >= 0.3 is 0 Å². The number of hydrogen-bond acceptors (Lipinski definition) is 4. The monoisotopic (exact) mass is 252 g/mol. The molecule has 0 unspecified atom stereocenters. The molecule has 4 heteroatoms.